The summed E-state index contributed by atoms with van der Waals surface area (Å²) in [6.45, 7) is 3.57. The van der Waals surface area contributed by atoms with Gasteiger partial charge in [-0.15, -0.1) is 0 Å². The van der Waals surface area contributed by atoms with Crippen LogP contribution < -0.4 is 0 Å². The van der Waals surface area contributed by atoms with E-state index in [0.717, 1.165) is 11.3 Å². The number of carbonyl (C=O) groups excluding carboxylic acids is 1. The number of thioether (sulfide) groups is 1. The summed E-state index contributed by atoms with van der Waals surface area (Å²) in [5.41, 5.74) is 1.84. The summed E-state index contributed by atoms with van der Waals surface area (Å²) >= 11 is 1.41. The second kappa shape index (κ2) is 8.65. The summed E-state index contributed by atoms with van der Waals surface area (Å²) < 4.78 is 5.42. The fourth-order valence-electron chi connectivity index (χ4n) is 2.40. The zero-order valence-corrected chi connectivity index (χ0v) is 14.9. The number of amides is 1. The second-order valence-corrected chi connectivity index (χ2v) is 6.41. The lowest BCUT2D eigenvalue weighted by atomic mass is 10.2. The number of para-hydroxylation sites is 1. The molecule has 1 aliphatic rings. The molecule has 2 aromatic carbocycles. The third kappa shape index (κ3) is 4.59. The van der Waals surface area contributed by atoms with Crippen molar-refractivity contribution in [2.75, 3.05) is 19.8 Å². The number of ether oxygens (including phenoxy) is 1. The van der Waals surface area contributed by atoms with Gasteiger partial charge in [0.15, 0.2) is 5.17 Å². The zero-order chi connectivity index (χ0) is 17.5. The van der Waals surface area contributed by atoms with Gasteiger partial charge in [-0.25, -0.2) is 4.99 Å². The SMILES string of the molecule is CCOCCN1C(=O)/C(=C/c2ccccc2)SC1=Nc1ccccc1. The molecule has 1 aliphatic heterocycles. The fraction of sp³-hybridized carbons (Fsp3) is 0.200. The van der Waals surface area contributed by atoms with Crippen molar-refractivity contribution in [1.82, 2.24) is 4.90 Å². The van der Waals surface area contributed by atoms with Crippen LogP contribution in [0.5, 0.6) is 0 Å². The highest BCUT2D eigenvalue weighted by atomic mass is 32.2. The third-order valence-corrected chi connectivity index (χ3v) is 4.64. The predicted molar refractivity (Wildman–Crippen MR) is 104 cm³/mol. The van der Waals surface area contributed by atoms with E-state index in [2.05, 4.69) is 4.99 Å². The molecule has 1 saturated heterocycles. The summed E-state index contributed by atoms with van der Waals surface area (Å²) in [4.78, 5) is 19.8. The molecular weight excluding hydrogens is 332 g/mol. The van der Waals surface area contributed by atoms with Crippen LogP contribution in [-0.2, 0) is 9.53 Å². The van der Waals surface area contributed by atoms with E-state index in [1.165, 1.54) is 11.8 Å². The predicted octanol–water partition coefficient (Wildman–Crippen LogP) is 4.33. The van der Waals surface area contributed by atoms with Gasteiger partial charge in [0.25, 0.3) is 5.91 Å². The lowest BCUT2D eigenvalue weighted by Gasteiger charge is -2.15. The first-order valence-corrected chi connectivity index (χ1v) is 9.07. The summed E-state index contributed by atoms with van der Waals surface area (Å²) in [6, 6.07) is 19.5. The summed E-state index contributed by atoms with van der Waals surface area (Å²) in [6.07, 6.45) is 1.91. The zero-order valence-electron chi connectivity index (χ0n) is 14.1. The molecule has 0 atom stereocenters. The van der Waals surface area contributed by atoms with Crippen molar-refractivity contribution < 1.29 is 9.53 Å². The Morgan fingerprint density at radius 2 is 1.76 bits per heavy atom. The summed E-state index contributed by atoms with van der Waals surface area (Å²) in [5.74, 6) is -0.0248. The molecule has 128 valence electrons. The minimum absolute atomic E-state index is 0.0248. The van der Waals surface area contributed by atoms with E-state index in [0.29, 0.717) is 29.8 Å². The Morgan fingerprint density at radius 3 is 2.44 bits per heavy atom. The highest BCUT2D eigenvalue weighted by Gasteiger charge is 2.33. The average Bonchev–Trinajstić information content (AvgIpc) is 2.92. The third-order valence-electron chi connectivity index (χ3n) is 3.63. The van der Waals surface area contributed by atoms with E-state index in [1.807, 2.05) is 73.7 Å². The highest BCUT2D eigenvalue weighted by Crippen LogP contribution is 2.33. The number of aliphatic imine (C=N–C) groups is 1. The van der Waals surface area contributed by atoms with Crippen molar-refractivity contribution in [2.45, 2.75) is 6.92 Å². The Labute approximate surface area is 152 Å². The van der Waals surface area contributed by atoms with Gasteiger partial charge in [0.1, 0.15) is 0 Å². The Kier molecular flexibility index (Phi) is 6.04. The molecule has 0 bridgehead atoms. The molecule has 1 amide bonds. The first-order chi connectivity index (χ1) is 12.3. The van der Waals surface area contributed by atoms with Crippen molar-refractivity contribution >= 4 is 34.6 Å². The summed E-state index contributed by atoms with van der Waals surface area (Å²) in [5, 5.41) is 0.693. The van der Waals surface area contributed by atoms with Crippen LogP contribution in [0.25, 0.3) is 6.08 Å². The van der Waals surface area contributed by atoms with E-state index >= 15 is 0 Å². The van der Waals surface area contributed by atoms with Crippen LogP contribution in [-0.4, -0.2) is 35.7 Å². The van der Waals surface area contributed by atoms with Gasteiger partial charge in [-0.05, 0) is 42.5 Å². The molecule has 0 N–H and O–H groups in total. The van der Waals surface area contributed by atoms with Crippen molar-refractivity contribution in [3.05, 3.63) is 71.1 Å². The largest absolute Gasteiger partial charge is 0.380 e. The first kappa shape index (κ1) is 17.5. The quantitative estimate of drug-likeness (QED) is 0.574. The number of amidine groups is 1. The molecule has 0 aliphatic carbocycles. The maximum Gasteiger partial charge on any atom is 0.266 e. The average molecular weight is 352 g/mol. The molecule has 25 heavy (non-hydrogen) atoms. The number of carbonyl (C=O) groups is 1. The Balaban J connectivity index is 1.88. The lowest BCUT2D eigenvalue weighted by molar-refractivity contribution is -0.122. The standard InChI is InChI=1S/C20H20N2O2S/c1-2-24-14-13-22-19(23)18(15-16-9-5-3-6-10-16)25-20(22)21-17-11-7-4-8-12-17/h3-12,15H,2,13-14H2,1H3/b18-15-,21-20?. The monoisotopic (exact) mass is 352 g/mol. The number of hydrogen-bond donors (Lipinski definition) is 0. The molecule has 3 rings (SSSR count). The van der Waals surface area contributed by atoms with Gasteiger partial charge in [-0.2, -0.15) is 0 Å². The lowest BCUT2D eigenvalue weighted by Crippen LogP contribution is -2.32. The fourth-order valence-corrected chi connectivity index (χ4v) is 3.43. The van der Waals surface area contributed by atoms with Gasteiger partial charge in [0, 0.05) is 6.61 Å². The molecule has 0 saturated carbocycles. The second-order valence-electron chi connectivity index (χ2n) is 5.40. The topological polar surface area (TPSA) is 41.9 Å². The van der Waals surface area contributed by atoms with Crippen LogP contribution in [0.15, 0.2) is 70.6 Å². The van der Waals surface area contributed by atoms with E-state index in [-0.39, 0.29) is 5.91 Å². The Morgan fingerprint density at radius 1 is 1.08 bits per heavy atom. The summed E-state index contributed by atoms with van der Waals surface area (Å²) in [7, 11) is 0. The van der Waals surface area contributed by atoms with Crippen LogP contribution in [0, 0.1) is 0 Å². The van der Waals surface area contributed by atoms with Crippen LogP contribution in [0.2, 0.25) is 0 Å². The van der Waals surface area contributed by atoms with Gasteiger partial charge in [0.2, 0.25) is 0 Å². The van der Waals surface area contributed by atoms with Crippen LogP contribution in [0.1, 0.15) is 12.5 Å². The number of hydrogen-bond acceptors (Lipinski definition) is 4. The van der Waals surface area contributed by atoms with Gasteiger partial charge in [-0.1, -0.05) is 48.5 Å². The smallest absolute Gasteiger partial charge is 0.266 e. The Bertz CT molecular complexity index is 773. The van der Waals surface area contributed by atoms with E-state index < -0.39 is 0 Å². The van der Waals surface area contributed by atoms with Crippen molar-refractivity contribution in [3.63, 3.8) is 0 Å². The minimum atomic E-state index is -0.0248. The van der Waals surface area contributed by atoms with E-state index in [1.54, 1.807) is 4.90 Å². The van der Waals surface area contributed by atoms with Crippen molar-refractivity contribution in [2.24, 2.45) is 4.99 Å². The molecule has 1 fully saturated rings. The minimum Gasteiger partial charge on any atom is -0.380 e. The van der Waals surface area contributed by atoms with E-state index in [4.69, 9.17) is 4.74 Å². The molecule has 4 nitrogen and oxygen atoms in total. The van der Waals surface area contributed by atoms with Crippen LogP contribution >= 0.6 is 11.8 Å². The highest BCUT2D eigenvalue weighted by molar-refractivity contribution is 8.18. The van der Waals surface area contributed by atoms with Gasteiger partial charge < -0.3 is 4.74 Å². The number of rotatable bonds is 6. The van der Waals surface area contributed by atoms with Crippen LogP contribution in [0.4, 0.5) is 5.69 Å². The molecule has 5 heteroatoms. The van der Waals surface area contributed by atoms with Gasteiger partial charge >= 0.3 is 0 Å². The first-order valence-electron chi connectivity index (χ1n) is 8.26. The maximum atomic E-state index is 12.8. The number of nitrogens with zero attached hydrogens (tertiary/aromatic N) is 2. The maximum absolute atomic E-state index is 12.8. The molecule has 2 aromatic rings. The molecular formula is C20H20N2O2S. The number of benzene rings is 2. The van der Waals surface area contributed by atoms with Crippen molar-refractivity contribution in [1.29, 1.82) is 0 Å². The molecule has 1 heterocycles. The molecule has 0 spiro atoms. The normalized spacial score (nSPS) is 17.6. The van der Waals surface area contributed by atoms with Gasteiger partial charge in [-0.3, -0.25) is 9.69 Å². The van der Waals surface area contributed by atoms with Gasteiger partial charge in [0.05, 0.1) is 23.7 Å². The van der Waals surface area contributed by atoms with E-state index in [9.17, 15) is 4.79 Å². The van der Waals surface area contributed by atoms with Crippen molar-refractivity contribution in [3.8, 4) is 0 Å². The molecule has 0 unspecified atom stereocenters. The molecule has 0 aromatic heterocycles. The Hall–Kier alpha value is -2.37. The molecule has 0 radical (unpaired) electrons. The van der Waals surface area contributed by atoms with Crippen LogP contribution in [0.3, 0.4) is 0 Å².